The lowest BCUT2D eigenvalue weighted by Crippen LogP contribution is -2.26. The van der Waals surface area contributed by atoms with Crippen LogP contribution in [0.1, 0.15) is 26.3 Å². The van der Waals surface area contributed by atoms with Crippen molar-refractivity contribution in [3.8, 4) is 0 Å². The molecule has 1 rings (SSSR count). The normalized spacial score (nSPS) is 14.8. The number of carbonyl (C=O) groups is 1. The number of carbonyl (C=O) groups excluding carboxylic acids is 1. The molecule has 1 aromatic carbocycles. The van der Waals surface area contributed by atoms with Crippen LogP contribution >= 0.6 is 0 Å². The van der Waals surface area contributed by atoms with Crippen molar-refractivity contribution in [3.05, 3.63) is 29.8 Å². The number of ketones is 1. The molecule has 0 heterocycles. The molecule has 0 amide bonds. The molecule has 0 aromatic heterocycles. The second-order valence-corrected chi connectivity index (χ2v) is 6.08. The predicted molar refractivity (Wildman–Crippen MR) is 66.9 cm³/mol. The van der Waals surface area contributed by atoms with Crippen LogP contribution in [0.3, 0.4) is 0 Å². The third-order valence-electron chi connectivity index (χ3n) is 2.54. The van der Waals surface area contributed by atoms with Crippen molar-refractivity contribution in [1.82, 2.24) is 0 Å². The Balaban J connectivity index is 2.86. The number of rotatable bonds is 4. The van der Waals surface area contributed by atoms with E-state index in [-0.39, 0.29) is 11.7 Å². The Labute approximate surface area is 99.5 Å². The first kappa shape index (κ1) is 13.1. The van der Waals surface area contributed by atoms with E-state index in [1.165, 1.54) is 0 Å². The summed E-state index contributed by atoms with van der Waals surface area (Å²) in [5, 5.41) is -0.428. The minimum Gasteiger partial charge on any atom is -0.298 e. The molecule has 0 bridgehead atoms. The zero-order chi connectivity index (χ0) is 12.3. The molecule has 2 atom stereocenters. The summed E-state index contributed by atoms with van der Waals surface area (Å²) in [7, 11) is -1.24. The van der Waals surface area contributed by atoms with Gasteiger partial charge in [0.1, 0.15) is 0 Å². The number of hydrogen-bond donors (Lipinski definition) is 0. The van der Waals surface area contributed by atoms with Gasteiger partial charge in [-0.15, -0.1) is 0 Å². The van der Waals surface area contributed by atoms with Crippen molar-refractivity contribution in [2.45, 2.75) is 37.8 Å². The van der Waals surface area contributed by atoms with E-state index in [1.807, 2.05) is 45.0 Å². The zero-order valence-electron chi connectivity index (χ0n) is 10.2. The maximum absolute atomic E-state index is 12.1. The monoisotopic (exact) mass is 238 g/mol. The molecule has 0 aliphatic rings. The first-order valence-electron chi connectivity index (χ1n) is 5.44. The van der Waals surface area contributed by atoms with Gasteiger partial charge in [0.05, 0.1) is 16.0 Å². The Hall–Kier alpha value is -0.960. The standard InChI is InChI=1S/C13H18O2S/c1-9(2)13(14)11(4)16(15)12-7-5-10(3)6-8-12/h5-9,11H,1-4H3/t11-,16-/m1/s1. The average Bonchev–Trinajstić information content (AvgIpc) is 2.27. The number of hydrogen-bond acceptors (Lipinski definition) is 2. The highest BCUT2D eigenvalue weighted by molar-refractivity contribution is 7.86. The third-order valence-corrected chi connectivity index (χ3v) is 4.16. The molecule has 88 valence electrons. The van der Waals surface area contributed by atoms with Crippen LogP contribution in [0.5, 0.6) is 0 Å². The summed E-state index contributed by atoms with van der Waals surface area (Å²) < 4.78 is 12.1. The minimum atomic E-state index is -1.24. The fourth-order valence-electron chi connectivity index (χ4n) is 1.45. The van der Waals surface area contributed by atoms with E-state index < -0.39 is 16.0 Å². The highest BCUT2D eigenvalue weighted by atomic mass is 32.2. The molecule has 0 aliphatic heterocycles. The Kier molecular flexibility index (Phi) is 4.42. The van der Waals surface area contributed by atoms with Crippen molar-refractivity contribution in [2.24, 2.45) is 5.92 Å². The maximum Gasteiger partial charge on any atom is 0.151 e. The molecule has 0 radical (unpaired) electrons. The van der Waals surface area contributed by atoms with Gasteiger partial charge in [0.15, 0.2) is 5.78 Å². The lowest BCUT2D eigenvalue weighted by Gasteiger charge is -2.12. The molecule has 0 fully saturated rings. The topological polar surface area (TPSA) is 34.1 Å². The summed E-state index contributed by atoms with van der Waals surface area (Å²) >= 11 is 0. The van der Waals surface area contributed by atoms with E-state index in [0.29, 0.717) is 0 Å². The maximum atomic E-state index is 12.1. The highest BCUT2D eigenvalue weighted by Gasteiger charge is 2.23. The minimum absolute atomic E-state index is 0.0545. The van der Waals surface area contributed by atoms with E-state index in [2.05, 4.69) is 0 Å². The van der Waals surface area contributed by atoms with E-state index in [4.69, 9.17) is 0 Å². The summed E-state index contributed by atoms with van der Waals surface area (Å²) in [5.74, 6) is -0.0108. The van der Waals surface area contributed by atoms with E-state index in [9.17, 15) is 9.00 Å². The summed E-state index contributed by atoms with van der Waals surface area (Å²) in [4.78, 5) is 12.5. The van der Waals surface area contributed by atoms with Gasteiger partial charge in [-0.3, -0.25) is 9.00 Å². The molecular formula is C13H18O2S. The Morgan fingerprint density at radius 3 is 2.06 bits per heavy atom. The molecule has 0 saturated heterocycles. The van der Waals surface area contributed by atoms with Gasteiger partial charge in [0, 0.05) is 10.8 Å². The van der Waals surface area contributed by atoms with E-state index >= 15 is 0 Å². The largest absolute Gasteiger partial charge is 0.298 e. The average molecular weight is 238 g/mol. The Bertz CT molecular complexity index is 393. The van der Waals surface area contributed by atoms with Crippen LogP contribution < -0.4 is 0 Å². The summed E-state index contributed by atoms with van der Waals surface area (Å²) in [5.41, 5.74) is 1.13. The molecule has 0 N–H and O–H groups in total. The molecule has 0 saturated carbocycles. The molecule has 0 unspecified atom stereocenters. The van der Waals surface area contributed by atoms with Crippen LogP contribution in [0.15, 0.2) is 29.2 Å². The zero-order valence-corrected chi connectivity index (χ0v) is 11.0. The van der Waals surface area contributed by atoms with Crippen LogP contribution in [0.25, 0.3) is 0 Å². The Morgan fingerprint density at radius 2 is 1.62 bits per heavy atom. The van der Waals surface area contributed by atoms with Gasteiger partial charge in [0.2, 0.25) is 0 Å². The fourth-order valence-corrected chi connectivity index (χ4v) is 2.75. The van der Waals surface area contributed by atoms with Gasteiger partial charge in [-0.05, 0) is 26.0 Å². The smallest absolute Gasteiger partial charge is 0.151 e. The first-order valence-corrected chi connectivity index (χ1v) is 6.65. The van der Waals surface area contributed by atoms with E-state index in [0.717, 1.165) is 10.5 Å². The van der Waals surface area contributed by atoms with Crippen molar-refractivity contribution in [1.29, 1.82) is 0 Å². The lowest BCUT2D eigenvalue weighted by atomic mass is 10.1. The molecule has 0 spiro atoms. The van der Waals surface area contributed by atoms with Gasteiger partial charge in [-0.2, -0.15) is 0 Å². The molecule has 0 aliphatic carbocycles. The SMILES string of the molecule is Cc1ccc([S@](=O)[C@H](C)C(=O)C(C)C)cc1. The van der Waals surface area contributed by atoms with Crippen molar-refractivity contribution in [2.75, 3.05) is 0 Å². The number of benzene rings is 1. The van der Waals surface area contributed by atoms with Gasteiger partial charge in [0.25, 0.3) is 0 Å². The predicted octanol–water partition coefficient (Wildman–Crippen LogP) is 2.72. The summed E-state index contributed by atoms with van der Waals surface area (Å²) in [6, 6.07) is 7.49. The van der Waals surface area contributed by atoms with Crippen LogP contribution in [-0.4, -0.2) is 15.2 Å². The Morgan fingerprint density at radius 1 is 1.12 bits per heavy atom. The van der Waals surface area contributed by atoms with E-state index in [1.54, 1.807) is 6.92 Å². The van der Waals surface area contributed by atoms with Gasteiger partial charge in [-0.1, -0.05) is 31.5 Å². The lowest BCUT2D eigenvalue weighted by molar-refractivity contribution is -0.121. The molecular weight excluding hydrogens is 220 g/mol. The summed E-state index contributed by atoms with van der Waals surface area (Å²) in [6.45, 7) is 7.39. The second-order valence-electron chi connectivity index (χ2n) is 4.31. The second kappa shape index (κ2) is 5.39. The van der Waals surface area contributed by atoms with Crippen molar-refractivity contribution < 1.29 is 9.00 Å². The first-order chi connectivity index (χ1) is 7.43. The number of Topliss-reactive ketones (excluding diaryl/α,β-unsaturated/α-hetero) is 1. The summed E-state index contributed by atoms with van der Waals surface area (Å²) in [6.07, 6.45) is 0. The van der Waals surface area contributed by atoms with Crippen molar-refractivity contribution >= 4 is 16.6 Å². The molecule has 2 nitrogen and oxygen atoms in total. The van der Waals surface area contributed by atoms with Crippen LogP contribution in [0.2, 0.25) is 0 Å². The molecule has 16 heavy (non-hydrogen) atoms. The fraction of sp³-hybridized carbons (Fsp3) is 0.462. The van der Waals surface area contributed by atoms with Crippen LogP contribution in [-0.2, 0) is 15.6 Å². The molecule has 3 heteroatoms. The number of aryl methyl sites for hydroxylation is 1. The third kappa shape index (κ3) is 3.01. The van der Waals surface area contributed by atoms with Gasteiger partial charge in [-0.25, -0.2) is 0 Å². The van der Waals surface area contributed by atoms with Crippen molar-refractivity contribution in [3.63, 3.8) is 0 Å². The molecule has 1 aromatic rings. The van der Waals surface area contributed by atoms with Gasteiger partial charge >= 0.3 is 0 Å². The van der Waals surface area contributed by atoms with Gasteiger partial charge < -0.3 is 0 Å². The van der Waals surface area contributed by atoms with Crippen LogP contribution in [0, 0.1) is 12.8 Å². The van der Waals surface area contributed by atoms with Crippen LogP contribution in [0.4, 0.5) is 0 Å². The quantitative estimate of drug-likeness (QED) is 0.808. The highest BCUT2D eigenvalue weighted by Crippen LogP contribution is 2.15.